The van der Waals surface area contributed by atoms with E-state index >= 15 is 0 Å². The fourth-order valence-electron chi connectivity index (χ4n) is 4.01. The third kappa shape index (κ3) is 3.97. The zero-order valence-electron chi connectivity index (χ0n) is 19.5. The summed E-state index contributed by atoms with van der Waals surface area (Å²) in [6.07, 6.45) is 3.71. The van der Waals surface area contributed by atoms with Gasteiger partial charge in [-0.1, -0.05) is 24.3 Å². The predicted molar refractivity (Wildman–Crippen MR) is 134 cm³/mol. The van der Waals surface area contributed by atoms with Gasteiger partial charge in [-0.15, -0.1) is 0 Å². The van der Waals surface area contributed by atoms with Crippen LogP contribution in [0.3, 0.4) is 0 Å². The van der Waals surface area contributed by atoms with Crippen molar-refractivity contribution in [3.63, 3.8) is 0 Å². The fourth-order valence-corrected chi connectivity index (χ4v) is 4.01. The van der Waals surface area contributed by atoms with Crippen LogP contribution in [0.1, 0.15) is 18.7 Å². The average Bonchev–Trinajstić information content (AvgIpc) is 3.55. The van der Waals surface area contributed by atoms with Crippen LogP contribution in [0.15, 0.2) is 83.9 Å². The van der Waals surface area contributed by atoms with E-state index in [1.165, 1.54) is 4.68 Å². The molecule has 9 heteroatoms. The van der Waals surface area contributed by atoms with Crippen molar-refractivity contribution in [2.75, 3.05) is 12.4 Å². The summed E-state index contributed by atoms with van der Waals surface area (Å²) < 4.78 is 10.0. The molecule has 1 atom stereocenters. The lowest BCUT2D eigenvalue weighted by atomic mass is 10.2. The number of nitrogens with one attached hydrogen (secondary N) is 1. The maximum Gasteiger partial charge on any atom is 0.280 e. The molecular weight excluding hydrogens is 444 g/mol. The van der Waals surface area contributed by atoms with E-state index in [2.05, 4.69) is 10.4 Å². The molecule has 0 aliphatic carbocycles. The first-order valence-electron chi connectivity index (χ1n) is 11.1. The summed E-state index contributed by atoms with van der Waals surface area (Å²) in [4.78, 5) is 26.8. The van der Waals surface area contributed by atoms with Gasteiger partial charge >= 0.3 is 0 Å². The molecular formula is C26H24N6O3. The van der Waals surface area contributed by atoms with Crippen molar-refractivity contribution in [1.29, 1.82) is 0 Å². The summed E-state index contributed by atoms with van der Waals surface area (Å²) in [6.45, 7) is 3.43. The van der Waals surface area contributed by atoms with Crippen LogP contribution in [-0.4, -0.2) is 37.1 Å². The Morgan fingerprint density at radius 1 is 1.00 bits per heavy atom. The Balaban J connectivity index is 1.64. The molecule has 0 saturated heterocycles. The van der Waals surface area contributed by atoms with E-state index in [1.54, 1.807) is 49.9 Å². The van der Waals surface area contributed by atoms with Gasteiger partial charge in [0.15, 0.2) is 5.82 Å². The van der Waals surface area contributed by atoms with Gasteiger partial charge in [-0.2, -0.15) is 10.2 Å². The largest absolute Gasteiger partial charge is 0.497 e. The van der Waals surface area contributed by atoms with E-state index in [0.29, 0.717) is 33.9 Å². The van der Waals surface area contributed by atoms with Crippen LogP contribution in [-0.2, 0) is 4.79 Å². The summed E-state index contributed by atoms with van der Waals surface area (Å²) in [5.41, 5.74) is 2.01. The molecule has 0 aliphatic rings. The van der Waals surface area contributed by atoms with Crippen molar-refractivity contribution >= 4 is 22.5 Å². The molecule has 3 heterocycles. The highest BCUT2D eigenvalue weighted by Crippen LogP contribution is 2.25. The first kappa shape index (κ1) is 22.1. The van der Waals surface area contributed by atoms with Crippen LogP contribution in [0.4, 0.5) is 5.69 Å². The minimum Gasteiger partial charge on any atom is -0.497 e. The second kappa shape index (κ2) is 8.94. The topological polar surface area (TPSA) is 96.0 Å². The van der Waals surface area contributed by atoms with Gasteiger partial charge in [0, 0.05) is 24.1 Å². The van der Waals surface area contributed by atoms with Crippen LogP contribution in [0, 0.1) is 6.92 Å². The second-order valence-electron chi connectivity index (χ2n) is 8.12. The molecule has 1 amide bonds. The molecule has 176 valence electrons. The SMILES string of the molecule is COc1cccc(NC(=O)[C@@H](C)n2nc(C)c3nn(-c4ccccc4)c(-n4cccc4)c3c2=O)c1. The van der Waals surface area contributed by atoms with Crippen molar-refractivity contribution < 1.29 is 9.53 Å². The number of ether oxygens (including phenoxy) is 1. The van der Waals surface area contributed by atoms with Gasteiger partial charge < -0.3 is 14.6 Å². The summed E-state index contributed by atoms with van der Waals surface area (Å²) in [5, 5.41) is 12.4. The molecule has 35 heavy (non-hydrogen) atoms. The number of aryl methyl sites for hydroxylation is 1. The van der Waals surface area contributed by atoms with Crippen LogP contribution in [0.25, 0.3) is 22.4 Å². The fraction of sp³-hybridized carbons (Fsp3) is 0.154. The van der Waals surface area contributed by atoms with Gasteiger partial charge in [0.1, 0.15) is 22.7 Å². The number of carbonyl (C=O) groups is 1. The summed E-state index contributed by atoms with van der Waals surface area (Å²) in [6, 6.07) is 19.5. The Bertz CT molecular complexity index is 1570. The number of para-hydroxylation sites is 1. The zero-order chi connectivity index (χ0) is 24.5. The predicted octanol–water partition coefficient (Wildman–Crippen LogP) is 3.89. The number of carbonyl (C=O) groups excluding carboxylic acids is 1. The molecule has 1 N–H and O–H groups in total. The highest BCUT2D eigenvalue weighted by molar-refractivity contribution is 5.94. The van der Waals surface area contributed by atoms with Gasteiger partial charge in [0.05, 0.1) is 18.5 Å². The van der Waals surface area contributed by atoms with E-state index in [1.807, 2.05) is 59.4 Å². The molecule has 9 nitrogen and oxygen atoms in total. The molecule has 0 radical (unpaired) electrons. The van der Waals surface area contributed by atoms with Gasteiger partial charge in [-0.05, 0) is 50.2 Å². The van der Waals surface area contributed by atoms with Crippen LogP contribution in [0.2, 0.25) is 0 Å². The van der Waals surface area contributed by atoms with Gasteiger partial charge in [-0.25, -0.2) is 9.36 Å². The monoisotopic (exact) mass is 468 g/mol. The number of anilines is 1. The number of hydrogen-bond acceptors (Lipinski definition) is 5. The Hall–Kier alpha value is -4.66. The van der Waals surface area contributed by atoms with Crippen molar-refractivity contribution in [3.05, 3.63) is 95.2 Å². The van der Waals surface area contributed by atoms with Crippen molar-refractivity contribution in [3.8, 4) is 17.3 Å². The van der Waals surface area contributed by atoms with Crippen LogP contribution in [0.5, 0.6) is 5.75 Å². The number of fused-ring (bicyclic) bond motifs is 1. The number of hydrogen-bond donors (Lipinski definition) is 1. The summed E-state index contributed by atoms with van der Waals surface area (Å²) >= 11 is 0. The molecule has 0 spiro atoms. The molecule has 0 unspecified atom stereocenters. The van der Waals surface area contributed by atoms with Crippen LogP contribution >= 0.6 is 0 Å². The van der Waals surface area contributed by atoms with Crippen molar-refractivity contribution in [2.24, 2.45) is 0 Å². The molecule has 0 saturated carbocycles. The summed E-state index contributed by atoms with van der Waals surface area (Å²) in [5.74, 6) is 0.832. The van der Waals surface area contributed by atoms with Gasteiger partial charge in [-0.3, -0.25) is 9.59 Å². The van der Waals surface area contributed by atoms with E-state index < -0.39 is 11.6 Å². The van der Waals surface area contributed by atoms with E-state index in [0.717, 1.165) is 5.69 Å². The second-order valence-corrected chi connectivity index (χ2v) is 8.12. The van der Waals surface area contributed by atoms with E-state index in [-0.39, 0.29) is 5.91 Å². The normalized spacial score (nSPS) is 12.0. The average molecular weight is 469 g/mol. The first-order valence-corrected chi connectivity index (χ1v) is 11.1. The number of benzene rings is 2. The standard InChI is InChI=1S/C26H24N6O3/c1-17-23-22(25(30-14-7-8-15-30)32(29-23)20-11-5-4-6-12-20)26(34)31(28-17)18(2)24(33)27-19-10-9-13-21(16-19)35-3/h4-16,18H,1-3H3,(H,27,33)/t18-/m1/s1. The third-order valence-corrected chi connectivity index (χ3v) is 5.82. The molecule has 0 bridgehead atoms. The maximum absolute atomic E-state index is 13.8. The number of methoxy groups -OCH3 is 1. The molecule has 0 fully saturated rings. The number of aromatic nitrogens is 5. The lowest BCUT2D eigenvalue weighted by Crippen LogP contribution is -2.34. The van der Waals surface area contributed by atoms with Gasteiger partial charge in [0.2, 0.25) is 5.91 Å². The maximum atomic E-state index is 13.8. The highest BCUT2D eigenvalue weighted by atomic mass is 16.5. The molecule has 3 aromatic heterocycles. The van der Waals surface area contributed by atoms with E-state index in [4.69, 9.17) is 9.84 Å². The molecule has 2 aromatic carbocycles. The Morgan fingerprint density at radius 2 is 1.74 bits per heavy atom. The Morgan fingerprint density at radius 3 is 2.46 bits per heavy atom. The minimum absolute atomic E-state index is 0.371. The number of nitrogens with zero attached hydrogens (tertiary/aromatic N) is 5. The Labute approximate surface area is 201 Å². The molecule has 0 aliphatic heterocycles. The highest BCUT2D eigenvalue weighted by Gasteiger charge is 2.25. The van der Waals surface area contributed by atoms with Crippen LogP contribution < -0.4 is 15.6 Å². The quantitative estimate of drug-likeness (QED) is 0.408. The minimum atomic E-state index is -0.866. The van der Waals surface area contributed by atoms with Gasteiger partial charge in [0.25, 0.3) is 5.56 Å². The smallest absolute Gasteiger partial charge is 0.280 e. The third-order valence-electron chi connectivity index (χ3n) is 5.82. The molecule has 5 rings (SSSR count). The molecule has 5 aromatic rings. The first-order chi connectivity index (χ1) is 17.0. The number of rotatable bonds is 6. The Kier molecular flexibility index (Phi) is 5.66. The zero-order valence-corrected chi connectivity index (χ0v) is 19.5. The summed E-state index contributed by atoms with van der Waals surface area (Å²) in [7, 11) is 1.56. The van der Waals surface area contributed by atoms with Crippen molar-refractivity contribution in [1.82, 2.24) is 24.1 Å². The van der Waals surface area contributed by atoms with Crippen molar-refractivity contribution in [2.45, 2.75) is 19.9 Å². The lowest BCUT2D eigenvalue weighted by Gasteiger charge is -2.15. The number of amides is 1. The van der Waals surface area contributed by atoms with E-state index in [9.17, 15) is 9.59 Å². The lowest BCUT2D eigenvalue weighted by molar-refractivity contribution is -0.119.